The average Bonchev–Trinajstić information content (AvgIpc) is 2.63. The van der Waals surface area contributed by atoms with Gasteiger partial charge >= 0.3 is 0 Å². The van der Waals surface area contributed by atoms with Crippen LogP contribution < -0.4 is 0 Å². The fraction of sp³-hybridized carbons (Fsp3) is 0.316. The molecule has 0 unspecified atom stereocenters. The lowest BCUT2D eigenvalue weighted by molar-refractivity contribution is -0.00694. The first-order chi connectivity index (χ1) is 12.0. The Kier molecular flexibility index (Phi) is 5.38. The summed E-state index contributed by atoms with van der Waals surface area (Å²) in [6.07, 6.45) is 1.27. The van der Waals surface area contributed by atoms with Crippen LogP contribution in [0.5, 0.6) is 0 Å². The van der Waals surface area contributed by atoms with Crippen LogP contribution >= 0.6 is 0 Å². The molecule has 3 rings (SSSR count). The van der Waals surface area contributed by atoms with Crippen molar-refractivity contribution in [1.29, 1.82) is 0 Å². The highest BCUT2D eigenvalue weighted by Gasteiger charge is 2.26. The predicted molar refractivity (Wildman–Crippen MR) is 86.5 cm³/mol. The van der Waals surface area contributed by atoms with Crippen molar-refractivity contribution in [1.82, 2.24) is 4.90 Å². The molecule has 1 atom stereocenters. The Hall–Kier alpha value is -2.34. The van der Waals surface area contributed by atoms with Gasteiger partial charge in [0.25, 0.3) is 5.91 Å². The molecule has 0 saturated carbocycles. The van der Waals surface area contributed by atoms with Crippen molar-refractivity contribution in [3.63, 3.8) is 0 Å². The summed E-state index contributed by atoms with van der Waals surface area (Å²) in [5.74, 6) is -2.72. The van der Waals surface area contributed by atoms with E-state index in [2.05, 4.69) is 0 Å². The highest BCUT2D eigenvalue weighted by molar-refractivity contribution is 5.94. The number of carbonyl (C=O) groups is 1. The van der Waals surface area contributed by atoms with Crippen molar-refractivity contribution in [2.45, 2.75) is 25.6 Å². The topological polar surface area (TPSA) is 29.5 Å². The van der Waals surface area contributed by atoms with Gasteiger partial charge in [-0.15, -0.1) is 0 Å². The molecular weight excluding hydrogens is 331 g/mol. The fourth-order valence-corrected chi connectivity index (χ4v) is 2.91. The van der Waals surface area contributed by atoms with Crippen LogP contribution in [0.4, 0.5) is 13.2 Å². The van der Waals surface area contributed by atoms with Gasteiger partial charge in [0.1, 0.15) is 5.82 Å². The molecule has 1 fully saturated rings. The smallest absolute Gasteiger partial charge is 0.256 e. The van der Waals surface area contributed by atoms with E-state index >= 15 is 0 Å². The van der Waals surface area contributed by atoms with E-state index < -0.39 is 17.5 Å². The molecule has 1 amide bonds. The number of rotatable bonds is 4. The summed E-state index contributed by atoms with van der Waals surface area (Å²) in [6, 6.07) is 9.50. The molecule has 2 aromatic carbocycles. The Morgan fingerprint density at radius 1 is 1.08 bits per heavy atom. The number of benzene rings is 2. The van der Waals surface area contributed by atoms with E-state index in [-0.39, 0.29) is 24.2 Å². The Labute approximate surface area is 144 Å². The van der Waals surface area contributed by atoms with E-state index in [1.54, 1.807) is 11.0 Å². The summed E-state index contributed by atoms with van der Waals surface area (Å²) in [7, 11) is 0. The molecule has 0 aromatic heterocycles. The number of hydrogen-bond donors (Lipinski definition) is 0. The van der Waals surface area contributed by atoms with E-state index in [0.29, 0.717) is 18.7 Å². The molecule has 1 aliphatic rings. The third kappa shape index (κ3) is 4.20. The molecule has 2 aromatic rings. The molecule has 0 bridgehead atoms. The second-order valence-electron chi connectivity index (χ2n) is 6.05. The number of halogens is 3. The zero-order chi connectivity index (χ0) is 17.8. The lowest BCUT2D eigenvalue weighted by Gasteiger charge is -2.32. The molecule has 1 saturated heterocycles. The summed E-state index contributed by atoms with van der Waals surface area (Å²) in [5, 5.41) is 0. The molecular formula is C19H18F3NO2. The summed E-state index contributed by atoms with van der Waals surface area (Å²) in [4.78, 5) is 14.0. The Bertz CT molecular complexity index is 766. The quantitative estimate of drug-likeness (QED) is 0.837. The van der Waals surface area contributed by atoms with Crippen LogP contribution in [-0.2, 0) is 11.3 Å². The van der Waals surface area contributed by atoms with Crippen LogP contribution in [0.3, 0.4) is 0 Å². The number of amides is 1. The third-order valence-electron chi connectivity index (χ3n) is 4.24. The lowest BCUT2D eigenvalue weighted by Crippen LogP contribution is -2.43. The van der Waals surface area contributed by atoms with Crippen molar-refractivity contribution in [2.24, 2.45) is 0 Å². The van der Waals surface area contributed by atoms with Crippen LogP contribution in [0, 0.1) is 17.5 Å². The van der Waals surface area contributed by atoms with Gasteiger partial charge in [-0.2, -0.15) is 0 Å². The summed E-state index contributed by atoms with van der Waals surface area (Å²) >= 11 is 0. The highest BCUT2D eigenvalue weighted by atomic mass is 19.2. The number of likely N-dealkylation sites (tertiary alicyclic amines) is 1. The highest BCUT2D eigenvalue weighted by Crippen LogP contribution is 2.19. The lowest BCUT2D eigenvalue weighted by atomic mass is 10.1. The van der Waals surface area contributed by atoms with Gasteiger partial charge in [0.2, 0.25) is 0 Å². The zero-order valence-corrected chi connectivity index (χ0v) is 13.6. The van der Waals surface area contributed by atoms with Crippen LogP contribution in [0.1, 0.15) is 28.8 Å². The molecule has 132 valence electrons. The minimum absolute atomic E-state index is 0.0451. The van der Waals surface area contributed by atoms with Crippen molar-refractivity contribution < 1.29 is 22.7 Å². The van der Waals surface area contributed by atoms with Crippen molar-refractivity contribution in [2.75, 3.05) is 13.1 Å². The first-order valence-corrected chi connectivity index (χ1v) is 8.14. The fourth-order valence-electron chi connectivity index (χ4n) is 2.91. The van der Waals surface area contributed by atoms with Crippen molar-refractivity contribution in [3.8, 4) is 0 Å². The number of hydrogen-bond acceptors (Lipinski definition) is 2. The van der Waals surface area contributed by atoms with Crippen LogP contribution in [-0.4, -0.2) is 30.0 Å². The van der Waals surface area contributed by atoms with Crippen LogP contribution in [0.15, 0.2) is 42.5 Å². The second-order valence-corrected chi connectivity index (χ2v) is 6.05. The minimum Gasteiger partial charge on any atom is -0.372 e. The number of piperidine rings is 1. The first kappa shape index (κ1) is 17.5. The molecule has 1 heterocycles. The monoisotopic (exact) mass is 349 g/mol. The molecule has 6 heteroatoms. The van der Waals surface area contributed by atoms with E-state index in [4.69, 9.17) is 4.74 Å². The maximum Gasteiger partial charge on any atom is 0.256 e. The Morgan fingerprint density at radius 2 is 1.88 bits per heavy atom. The van der Waals surface area contributed by atoms with Gasteiger partial charge in [0.05, 0.1) is 18.3 Å². The largest absolute Gasteiger partial charge is 0.372 e. The van der Waals surface area contributed by atoms with Crippen LogP contribution in [0.2, 0.25) is 0 Å². The number of ether oxygens (including phenoxy) is 1. The molecule has 1 aliphatic heterocycles. The first-order valence-electron chi connectivity index (χ1n) is 8.14. The maximum absolute atomic E-state index is 13.8. The molecule has 3 nitrogen and oxygen atoms in total. The van der Waals surface area contributed by atoms with E-state index in [9.17, 15) is 18.0 Å². The molecule has 0 aliphatic carbocycles. The van der Waals surface area contributed by atoms with Gasteiger partial charge in [0.15, 0.2) is 11.6 Å². The predicted octanol–water partition coefficient (Wildman–Crippen LogP) is 3.93. The molecule has 0 radical (unpaired) electrons. The van der Waals surface area contributed by atoms with Gasteiger partial charge in [0, 0.05) is 13.1 Å². The molecule has 0 N–H and O–H groups in total. The van der Waals surface area contributed by atoms with E-state index in [1.807, 2.05) is 0 Å². The van der Waals surface area contributed by atoms with E-state index in [0.717, 1.165) is 25.0 Å². The molecule has 25 heavy (non-hydrogen) atoms. The normalized spacial score (nSPS) is 17.6. The van der Waals surface area contributed by atoms with Gasteiger partial charge in [-0.05, 0) is 42.7 Å². The average molecular weight is 349 g/mol. The van der Waals surface area contributed by atoms with Gasteiger partial charge in [-0.25, -0.2) is 13.2 Å². The van der Waals surface area contributed by atoms with E-state index in [1.165, 1.54) is 24.3 Å². The summed E-state index contributed by atoms with van der Waals surface area (Å²) < 4.78 is 45.7. The van der Waals surface area contributed by atoms with Gasteiger partial charge < -0.3 is 9.64 Å². The SMILES string of the molecule is O=C(c1ccccc1F)N1CCC[C@H](OCc2ccc(F)c(F)c2)C1. The van der Waals surface area contributed by atoms with Crippen LogP contribution in [0.25, 0.3) is 0 Å². The third-order valence-corrected chi connectivity index (χ3v) is 4.24. The van der Waals surface area contributed by atoms with Crippen molar-refractivity contribution in [3.05, 3.63) is 71.0 Å². The Morgan fingerprint density at radius 3 is 2.64 bits per heavy atom. The summed E-state index contributed by atoms with van der Waals surface area (Å²) in [6.45, 7) is 1.01. The maximum atomic E-state index is 13.8. The molecule has 0 spiro atoms. The summed E-state index contributed by atoms with van der Waals surface area (Å²) in [5.41, 5.74) is 0.570. The number of carbonyl (C=O) groups excluding carboxylic acids is 1. The standard InChI is InChI=1S/C19H18F3NO2/c20-16-6-2-1-5-15(16)19(24)23-9-3-4-14(11-23)25-12-13-7-8-17(21)18(22)10-13/h1-2,5-8,10,14H,3-4,9,11-12H2/t14-/m0/s1. The van der Waals surface area contributed by atoms with Crippen molar-refractivity contribution >= 4 is 5.91 Å². The zero-order valence-electron chi connectivity index (χ0n) is 13.6. The Balaban J connectivity index is 1.60. The van der Waals surface area contributed by atoms with Gasteiger partial charge in [-0.1, -0.05) is 18.2 Å². The number of nitrogens with zero attached hydrogens (tertiary/aromatic N) is 1. The van der Waals surface area contributed by atoms with Gasteiger partial charge in [-0.3, -0.25) is 4.79 Å². The second kappa shape index (κ2) is 7.70. The minimum atomic E-state index is -0.916.